The number of hydrogen-bond donors (Lipinski definition) is 3. The Morgan fingerprint density at radius 3 is 2.80 bits per heavy atom. The molecule has 8 heteroatoms. The molecule has 2 atom stereocenters. The van der Waals surface area contributed by atoms with Gasteiger partial charge in [-0.05, 0) is 32.1 Å². The third-order valence-corrected chi connectivity index (χ3v) is 4.23. The Bertz CT molecular complexity index is 413. The highest BCUT2D eigenvalue weighted by atomic mass is 32.2. The maximum absolute atomic E-state index is 12.1. The van der Waals surface area contributed by atoms with E-state index >= 15 is 0 Å². The van der Waals surface area contributed by atoms with Crippen molar-refractivity contribution in [2.75, 3.05) is 26.2 Å². The third-order valence-electron chi connectivity index (χ3n) is 3.66. The predicted molar refractivity (Wildman–Crippen MR) is 78.2 cm³/mol. The van der Waals surface area contributed by atoms with Crippen LogP contribution in [0.2, 0.25) is 0 Å². The molecule has 0 saturated carbocycles. The molecule has 0 aliphatic carbocycles. The smallest absolute Gasteiger partial charge is 0.274 e. The van der Waals surface area contributed by atoms with Crippen LogP contribution in [0, 0.1) is 5.92 Å². The summed E-state index contributed by atoms with van der Waals surface area (Å²) in [5.74, 6) is 0.209. The van der Waals surface area contributed by atoms with Crippen molar-refractivity contribution in [3.05, 3.63) is 0 Å². The van der Waals surface area contributed by atoms with Crippen LogP contribution in [0.1, 0.15) is 33.1 Å². The summed E-state index contributed by atoms with van der Waals surface area (Å²) < 4.78 is 24.1. The monoisotopic (exact) mass is 306 g/mol. The van der Waals surface area contributed by atoms with Crippen molar-refractivity contribution in [2.45, 2.75) is 39.2 Å². The Balaban J connectivity index is 2.38. The number of amides is 1. The van der Waals surface area contributed by atoms with Crippen molar-refractivity contribution in [1.29, 1.82) is 0 Å². The van der Waals surface area contributed by atoms with Gasteiger partial charge in [0.1, 0.15) is 0 Å². The molecule has 2 unspecified atom stereocenters. The van der Waals surface area contributed by atoms with Gasteiger partial charge in [-0.3, -0.25) is 4.79 Å². The number of piperidine rings is 1. The number of carbonyl (C=O) groups excluding carboxylic acids is 1. The summed E-state index contributed by atoms with van der Waals surface area (Å²) in [4.78, 5) is 13.9. The molecule has 0 radical (unpaired) electrons. The standard InChI is InChI=1S/C12H26N4O3S/c1-3-10(2)14-8-12(17)16-6-4-5-11(9-16)7-15-20(13,18)19/h10-11,14-15H,3-9H2,1-2H3,(H2,13,18,19). The van der Waals surface area contributed by atoms with Gasteiger partial charge in [0, 0.05) is 25.7 Å². The van der Waals surface area contributed by atoms with E-state index < -0.39 is 10.2 Å². The van der Waals surface area contributed by atoms with Gasteiger partial charge in [-0.2, -0.15) is 8.42 Å². The van der Waals surface area contributed by atoms with Gasteiger partial charge in [0.05, 0.1) is 6.54 Å². The lowest BCUT2D eigenvalue weighted by Gasteiger charge is -2.33. The average Bonchev–Trinajstić information content (AvgIpc) is 2.41. The normalized spacial score (nSPS) is 21.8. The number of rotatable bonds is 7. The topological polar surface area (TPSA) is 105 Å². The zero-order valence-electron chi connectivity index (χ0n) is 12.3. The summed E-state index contributed by atoms with van der Waals surface area (Å²) in [6.07, 6.45) is 2.78. The van der Waals surface area contributed by atoms with Gasteiger partial charge in [-0.15, -0.1) is 0 Å². The molecule has 0 bridgehead atoms. The highest BCUT2D eigenvalue weighted by Gasteiger charge is 2.24. The molecule has 7 nitrogen and oxygen atoms in total. The van der Waals surface area contributed by atoms with E-state index in [2.05, 4.69) is 17.0 Å². The molecule has 0 spiro atoms. The lowest BCUT2D eigenvalue weighted by atomic mass is 9.98. The zero-order chi connectivity index (χ0) is 15.2. The Morgan fingerprint density at radius 1 is 1.50 bits per heavy atom. The Labute approximate surface area is 121 Å². The van der Waals surface area contributed by atoms with Crippen molar-refractivity contribution < 1.29 is 13.2 Å². The summed E-state index contributed by atoms with van der Waals surface area (Å²) in [5, 5.41) is 8.09. The Hall–Kier alpha value is -0.700. The molecule has 1 heterocycles. The molecule has 1 rings (SSSR count). The lowest BCUT2D eigenvalue weighted by Crippen LogP contribution is -2.47. The fourth-order valence-corrected chi connectivity index (χ4v) is 2.68. The van der Waals surface area contributed by atoms with E-state index in [1.165, 1.54) is 0 Å². The van der Waals surface area contributed by atoms with E-state index in [1.54, 1.807) is 4.90 Å². The summed E-state index contributed by atoms with van der Waals surface area (Å²) in [5.41, 5.74) is 0. The van der Waals surface area contributed by atoms with Gasteiger partial charge < -0.3 is 10.2 Å². The second-order valence-electron chi connectivity index (χ2n) is 5.43. The minimum absolute atomic E-state index is 0.0746. The fourth-order valence-electron chi connectivity index (χ4n) is 2.21. The second kappa shape index (κ2) is 7.92. The van der Waals surface area contributed by atoms with E-state index in [1.807, 2.05) is 6.92 Å². The first-order valence-corrected chi connectivity index (χ1v) is 8.65. The van der Waals surface area contributed by atoms with Crippen LogP contribution >= 0.6 is 0 Å². The molecule has 118 valence electrons. The lowest BCUT2D eigenvalue weighted by molar-refractivity contribution is -0.132. The molecule has 1 aliphatic heterocycles. The molecule has 1 aliphatic rings. The number of carbonyl (C=O) groups is 1. The third kappa shape index (κ3) is 6.65. The van der Waals surface area contributed by atoms with Gasteiger partial charge in [0.25, 0.3) is 10.2 Å². The minimum Gasteiger partial charge on any atom is -0.341 e. The van der Waals surface area contributed by atoms with Crippen LogP contribution < -0.4 is 15.2 Å². The highest BCUT2D eigenvalue weighted by molar-refractivity contribution is 7.87. The predicted octanol–water partition coefficient (Wildman–Crippen LogP) is -0.594. The van der Waals surface area contributed by atoms with E-state index in [0.717, 1.165) is 25.8 Å². The van der Waals surface area contributed by atoms with Crippen molar-refractivity contribution >= 4 is 16.1 Å². The molecule has 4 N–H and O–H groups in total. The van der Waals surface area contributed by atoms with Crippen LogP contribution in [0.15, 0.2) is 0 Å². The van der Waals surface area contributed by atoms with Gasteiger partial charge in [-0.1, -0.05) is 6.92 Å². The quantitative estimate of drug-likeness (QED) is 0.584. The van der Waals surface area contributed by atoms with Gasteiger partial charge in [0.15, 0.2) is 0 Å². The summed E-state index contributed by atoms with van der Waals surface area (Å²) in [7, 11) is -3.65. The first-order valence-electron chi connectivity index (χ1n) is 7.10. The molecule has 0 aromatic heterocycles. The van der Waals surface area contributed by atoms with Crippen molar-refractivity contribution in [2.24, 2.45) is 11.1 Å². The molecule has 1 saturated heterocycles. The first-order chi connectivity index (χ1) is 9.31. The van der Waals surface area contributed by atoms with Crippen LogP contribution in [-0.2, 0) is 15.0 Å². The van der Waals surface area contributed by atoms with Crippen LogP contribution in [0.5, 0.6) is 0 Å². The summed E-state index contributed by atoms with van der Waals surface area (Å²) >= 11 is 0. The summed E-state index contributed by atoms with van der Waals surface area (Å²) in [6.45, 7) is 6.07. The largest absolute Gasteiger partial charge is 0.341 e. The van der Waals surface area contributed by atoms with Crippen molar-refractivity contribution in [3.63, 3.8) is 0 Å². The maximum Gasteiger partial charge on any atom is 0.274 e. The van der Waals surface area contributed by atoms with Gasteiger partial charge in [-0.25, -0.2) is 9.86 Å². The molecular weight excluding hydrogens is 280 g/mol. The zero-order valence-corrected chi connectivity index (χ0v) is 13.1. The van der Waals surface area contributed by atoms with E-state index in [9.17, 15) is 13.2 Å². The van der Waals surface area contributed by atoms with E-state index in [-0.39, 0.29) is 11.8 Å². The number of likely N-dealkylation sites (tertiary alicyclic amines) is 1. The number of hydrogen-bond acceptors (Lipinski definition) is 4. The van der Waals surface area contributed by atoms with Crippen LogP contribution in [0.4, 0.5) is 0 Å². The SMILES string of the molecule is CCC(C)NCC(=O)N1CCCC(CNS(N)(=O)=O)C1. The van der Waals surface area contributed by atoms with Crippen molar-refractivity contribution in [3.8, 4) is 0 Å². The second-order valence-corrected chi connectivity index (χ2v) is 6.81. The number of nitrogens with two attached hydrogens (primary N) is 1. The molecule has 0 aromatic rings. The molecule has 20 heavy (non-hydrogen) atoms. The molecular formula is C12H26N4O3S. The minimum atomic E-state index is -3.65. The van der Waals surface area contributed by atoms with E-state index in [0.29, 0.717) is 25.7 Å². The fraction of sp³-hybridized carbons (Fsp3) is 0.917. The molecule has 0 aromatic carbocycles. The Morgan fingerprint density at radius 2 is 2.20 bits per heavy atom. The van der Waals surface area contributed by atoms with Gasteiger partial charge in [0.2, 0.25) is 5.91 Å². The summed E-state index contributed by atoms with van der Waals surface area (Å²) in [6, 6.07) is 0.323. The molecule has 1 amide bonds. The van der Waals surface area contributed by atoms with Gasteiger partial charge >= 0.3 is 0 Å². The van der Waals surface area contributed by atoms with Crippen LogP contribution in [0.3, 0.4) is 0 Å². The van der Waals surface area contributed by atoms with Crippen LogP contribution in [-0.4, -0.2) is 51.4 Å². The van der Waals surface area contributed by atoms with Crippen molar-refractivity contribution in [1.82, 2.24) is 14.9 Å². The molecule has 1 fully saturated rings. The number of nitrogens with zero attached hydrogens (tertiary/aromatic N) is 1. The first kappa shape index (κ1) is 17.4. The average molecular weight is 306 g/mol. The van der Waals surface area contributed by atoms with Crippen LogP contribution in [0.25, 0.3) is 0 Å². The Kier molecular flexibility index (Phi) is 6.87. The highest BCUT2D eigenvalue weighted by Crippen LogP contribution is 2.15. The number of nitrogens with one attached hydrogen (secondary N) is 2. The maximum atomic E-state index is 12.1. The van der Waals surface area contributed by atoms with E-state index in [4.69, 9.17) is 5.14 Å².